The van der Waals surface area contributed by atoms with Crippen LogP contribution in [0.3, 0.4) is 0 Å². The summed E-state index contributed by atoms with van der Waals surface area (Å²) in [6.45, 7) is 6.70. The van der Waals surface area contributed by atoms with E-state index in [1.165, 1.54) is 0 Å². The molecule has 0 rings (SSSR count). The molecule has 0 aromatic heterocycles. The van der Waals surface area contributed by atoms with Gasteiger partial charge in [0.1, 0.15) is 0 Å². The van der Waals surface area contributed by atoms with Crippen molar-refractivity contribution in [1.82, 2.24) is 0 Å². The van der Waals surface area contributed by atoms with Crippen LogP contribution in [0.1, 0.15) is 52.9 Å². The van der Waals surface area contributed by atoms with Gasteiger partial charge in [0, 0.05) is 0 Å². The quantitative estimate of drug-likeness (QED) is 0.609. The van der Waals surface area contributed by atoms with E-state index in [4.69, 9.17) is 4.18 Å². The fourth-order valence-electron chi connectivity index (χ4n) is 2.02. The zero-order valence-corrected chi connectivity index (χ0v) is 11.2. The Morgan fingerprint density at radius 3 is 1.80 bits per heavy atom. The van der Waals surface area contributed by atoms with Crippen LogP contribution in [0.4, 0.5) is 0 Å². The molecule has 0 N–H and O–H groups in total. The maximum Gasteiger partial charge on any atom is 0.264 e. The molecule has 3 nitrogen and oxygen atoms in total. The maximum absolute atomic E-state index is 11.0. The fourth-order valence-corrected chi connectivity index (χ4v) is 2.48. The molecule has 0 aliphatic heterocycles. The number of hydrogen-bond donors (Lipinski definition) is 0. The highest BCUT2D eigenvalue weighted by atomic mass is 32.2. The molecule has 0 saturated heterocycles. The summed E-state index contributed by atoms with van der Waals surface area (Å²) in [4.78, 5) is 0. The van der Waals surface area contributed by atoms with E-state index < -0.39 is 10.1 Å². The van der Waals surface area contributed by atoms with Crippen LogP contribution in [0.5, 0.6) is 0 Å². The lowest BCUT2D eigenvalue weighted by Crippen LogP contribution is -2.27. The summed E-state index contributed by atoms with van der Waals surface area (Å²) >= 11 is 0. The van der Waals surface area contributed by atoms with Crippen molar-refractivity contribution < 1.29 is 12.6 Å². The van der Waals surface area contributed by atoms with Crippen LogP contribution >= 0.6 is 0 Å². The Morgan fingerprint density at radius 1 is 1.07 bits per heavy atom. The van der Waals surface area contributed by atoms with Gasteiger partial charge in [-0.1, -0.05) is 33.6 Å². The standard InChI is InChI=1S/C11H24O3S/c1-5-8-11(7-3,9-6-2)10-14-15(4,12)13/h5-10H2,1-4H3. The average Bonchev–Trinajstić information content (AvgIpc) is 2.14. The van der Waals surface area contributed by atoms with Crippen LogP contribution in [0.25, 0.3) is 0 Å². The van der Waals surface area contributed by atoms with Crippen molar-refractivity contribution in [3.63, 3.8) is 0 Å². The van der Waals surface area contributed by atoms with Crippen LogP contribution in [0.2, 0.25) is 0 Å². The maximum atomic E-state index is 11.0. The first-order chi connectivity index (χ1) is 6.89. The normalized spacial score (nSPS) is 13.1. The molecule has 0 bridgehead atoms. The molecule has 0 amide bonds. The molecule has 15 heavy (non-hydrogen) atoms. The second kappa shape index (κ2) is 6.48. The lowest BCUT2D eigenvalue weighted by molar-refractivity contribution is 0.119. The van der Waals surface area contributed by atoms with E-state index in [1.54, 1.807) is 0 Å². The van der Waals surface area contributed by atoms with Crippen LogP contribution < -0.4 is 0 Å². The first-order valence-corrected chi connectivity index (χ1v) is 7.55. The molecular formula is C11H24O3S. The van der Waals surface area contributed by atoms with Gasteiger partial charge in [-0.2, -0.15) is 8.42 Å². The molecule has 0 spiro atoms. The molecule has 0 aromatic carbocycles. The van der Waals surface area contributed by atoms with E-state index in [9.17, 15) is 8.42 Å². The summed E-state index contributed by atoms with van der Waals surface area (Å²) in [5.41, 5.74) is 0.0482. The highest BCUT2D eigenvalue weighted by molar-refractivity contribution is 7.85. The second-order valence-electron chi connectivity index (χ2n) is 4.32. The van der Waals surface area contributed by atoms with E-state index in [0.29, 0.717) is 6.61 Å². The van der Waals surface area contributed by atoms with Gasteiger partial charge in [-0.15, -0.1) is 0 Å². The largest absolute Gasteiger partial charge is 0.270 e. The molecule has 92 valence electrons. The smallest absolute Gasteiger partial charge is 0.264 e. The average molecular weight is 236 g/mol. The van der Waals surface area contributed by atoms with Gasteiger partial charge < -0.3 is 0 Å². The van der Waals surface area contributed by atoms with Gasteiger partial charge in [0.2, 0.25) is 0 Å². The van der Waals surface area contributed by atoms with Crippen molar-refractivity contribution in [2.24, 2.45) is 5.41 Å². The van der Waals surface area contributed by atoms with Crippen molar-refractivity contribution in [3.05, 3.63) is 0 Å². The molecule has 0 atom stereocenters. The lowest BCUT2D eigenvalue weighted by Gasteiger charge is -2.31. The fraction of sp³-hybridized carbons (Fsp3) is 1.00. The van der Waals surface area contributed by atoms with Crippen LogP contribution in [-0.2, 0) is 14.3 Å². The first kappa shape index (κ1) is 14.9. The minimum atomic E-state index is -3.30. The van der Waals surface area contributed by atoms with Gasteiger partial charge in [0.05, 0.1) is 12.9 Å². The number of rotatable bonds is 8. The molecule has 0 saturated carbocycles. The summed E-state index contributed by atoms with van der Waals surface area (Å²) in [7, 11) is -3.30. The zero-order valence-electron chi connectivity index (χ0n) is 10.4. The topological polar surface area (TPSA) is 43.4 Å². The van der Waals surface area contributed by atoms with Gasteiger partial charge >= 0.3 is 0 Å². The molecule has 4 heteroatoms. The summed E-state index contributed by atoms with van der Waals surface area (Å²) in [5, 5.41) is 0. The van der Waals surface area contributed by atoms with E-state index in [0.717, 1.165) is 38.4 Å². The van der Waals surface area contributed by atoms with Crippen LogP contribution in [0, 0.1) is 5.41 Å². The van der Waals surface area contributed by atoms with Crippen LogP contribution in [0.15, 0.2) is 0 Å². The van der Waals surface area contributed by atoms with Gasteiger partial charge in [0.25, 0.3) is 10.1 Å². The monoisotopic (exact) mass is 236 g/mol. The molecule has 0 radical (unpaired) electrons. The predicted octanol–water partition coefficient (Wildman–Crippen LogP) is 2.96. The molecule has 0 aliphatic carbocycles. The molecule has 0 aliphatic rings. The van der Waals surface area contributed by atoms with Crippen molar-refractivity contribution in [2.45, 2.75) is 52.9 Å². The van der Waals surface area contributed by atoms with Gasteiger partial charge in [0.15, 0.2) is 0 Å². The van der Waals surface area contributed by atoms with Gasteiger partial charge in [-0.25, -0.2) is 0 Å². The lowest BCUT2D eigenvalue weighted by atomic mass is 9.78. The Hall–Kier alpha value is -0.0900. The minimum absolute atomic E-state index is 0.0482. The summed E-state index contributed by atoms with van der Waals surface area (Å²) < 4.78 is 26.9. The van der Waals surface area contributed by atoms with Crippen molar-refractivity contribution in [2.75, 3.05) is 12.9 Å². The SMILES string of the molecule is CCCC(CC)(CCC)COS(C)(=O)=O. The Kier molecular flexibility index (Phi) is 6.44. The highest BCUT2D eigenvalue weighted by Crippen LogP contribution is 2.34. The summed E-state index contributed by atoms with van der Waals surface area (Å²) in [6.07, 6.45) is 6.30. The van der Waals surface area contributed by atoms with Crippen molar-refractivity contribution in [1.29, 1.82) is 0 Å². The molecule has 0 fully saturated rings. The predicted molar refractivity (Wildman–Crippen MR) is 63.3 cm³/mol. The Balaban J connectivity index is 4.46. The third kappa shape index (κ3) is 6.15. The van der Waals surface area contributed by atoms with Crippen LogP contribution in [-0.4, -0.2) is 21.3 Å². The molecule has 0 aromatic rings. The highest BCUT2D eigenvalue weighted by Gasteiger charge is 2.28. The Morgan fingerprint density at radius 2 is 1.53 bits per heavy atom. The molecular weight excluding hydrogens is 212 g/mol. The summed E-state index contributed by atoms with van der Waals surface area (Å²) in [6, 6.07) is 0. The summed E-state index contributed by atoms with van der Waals surface area (Å²) in [5.74, 6) is 0. The van der Waals surface area contributed by atoms with E-state index in [1.807, 2.05) is 0 Å². The molecule has 0 heterocycles. The second-order valence-corrected chi connectivity index (χ2v) is 5.96. The Labute approximate surface area is 94.3 Å². The number of hydrogen-bond acceptors (Lipinski definition) is 3. The van der Waals surface area contributed by atoms with E-state index in [-0.39, 0.29) is 5.41 Å². The van der Waals surface area contributed by atoms with E-state index in [2.05, 4.69) is 20.8 Å². The third-order valence-electron chi connectivity index (χ3n) is 2.89. The van der Waals surface area contributed by atoms with Gasteiger partial charge in [-0.3, -0.25) is 4.18 Å². The third-order valence-corrected chi connectivity index (χ3v) is 3.44. The first-order valence-electron chi connectivity index (χ1n) is 5.73. The zero-order chi connectivity index (χ0) is 11.9. The van der Waals surface area contributed by atoms with Gasteiger partial charge in [-0.05, 0) is 24.7 Å². The Bertz CT molecular complexity index is 251. The molecule has 0 unspecified atom stereocenters. The van der Waals surface area contributed by atoms with Crippen molar-refractivity contribution >= 4 is 10.1 Å². The van der Waals surface area contributed by atoms with Crippen molar-refractivity contribution in [3.8, 4) is 0 Å². The van der Waals surface area contributed by atoms with E-state index >= 15 is 0 Å². The minimum Gasteiger partial charge on any atom is -0.270 e.